The fourth-order valence-electron chi connectivity index (χ4n) is 1.03. The molecule has 0 unspecified atom stereocenters. The van der Waals surface area contributed by atoms with Gasteiger partial charge in [0.1, 0.15) is 5.82 Å². The van der Waals surface area contributed by atoms with Gasteiger partial charge in [-0.3, -0.25) is 4.84 Å². The molecule has 0 aliphatic rings. The van der Waals surface area contributed by atoms with Crippen LogP contribution in [0.25, 0.3) is 0 Å². The van der Waals surface area contributed by atoms with Crippen molar-refractivity contribution in [3.63, 3.8) is 0 Å². The lowest BCUT2D eigenvalue weighted by atomic mass is 10.2. The average molecular weight is 263 g/mol. The summed E-state index contributed by atoms with van der Waals surface area (Å²) in [7, 11) is -2.38. The Balaban J connectivity index is 2.72. The Morgan fingerprint density at radius 3 is 2.65 bits per heavy atom. The molecule has 1 rings (SSSR count). The van der Waals surface area contributed by atoms with Crippen LogP contribution in [-0.4, -0.2) is 28.7 Å². The quantitative estimate of drug-likeness (QED) is 0.614. The van der Waals surface area contributed by atoms with E-state index in [4.69, 9.17) is 0 Å². The Morgan fingerprint density at radius 1 is 1.35 bits per heavy atom. The van der Waals surface area contributed by atoms with E-state index in [1.807, 2.05) is 4.89 Å². The van der Waals surface area contributed by atoms with Crippen LogP contribution in [0.4, 0.5) is 4.39 Å². The normalized spacial score (nSPS) is 11.7. The number of hydrogen-bond acceptors (Lipinski definition) is 4. The summed E-state index contributed by atoms with van der Waals surface area (Å²) in [6, 6.07) is 3.64. The fourth-order valence-corrected chi connectivity index (χ4v) is 1.87. The van der Waals surface area contributed by atoms with E-state index in [-0.39, 0.29) is 18.1 Å². The first-order chi connectivity index (χ1) is 7.97. The van der Waals surface area contributed by atoms with Gasteiger partial charge in [0.15, 0.2) is 0 Å². The zero-order valence-corrected chi connectivity index (χ0v) is 10.4. The van der Waals surface area contributed by atoms with Gasteiger partial charge in [0.05, 0.1) is 18.1 Å². The highest BCUT2D eigenvalue weighted by atomic mass is 32.2. The van der Waals surface area contributed by atoms with Crippen molar-refractivity contribution in [2.24, 2.45) is 0 Å². The number of benzene rings is 1. The molecule has 1 aromatic carbocycles. The van der Waals surface area contributed by atoms with Crippen LogP contribution in [0.1, 0.15) is 5.56 Å². The van der Waals surface area contributed by atoms with Crippen LogP contribution in [0, 0.1) is 12.7 Å². The molecule has 0 saturated heterocycles. The van der Waals surface area contributed by atoms with Gasteiger partial charge in [0, 0.05) is 7.11 Å². The minimum Gasteiger partial charge on any atom is -0.382 e. The lowest BCUT2D eigenvalue weighted by Gasteiger charge is -2.07. The molecule has 0 aliphatic carbocycles. The molecule has 17 heavy (non-hydrogen) atoms. The van der Waals surface area contributed by atoms with Crippen molar-refractivity contribution in [3.8, 4) is 0 Å². The van der Waals surface area contributed by atoms with Crippen molar-refractivity contribution in [1.82, 2.24) is 4.89 Å². The van der Waals surface area contributed by atoms with E-state index in [0.29, 0.717) is 5.56 Å². The molecule has 0 radical (unpaired) electrons. The molecule has 0 fully saturated rings. The van der Waals surface area contributed by atoms with Crippen LogP contribution in [0.5, 0.6) is 0 Å². The summed E-state index contributed by atoms with van der Waals surface area (Å²) in [6.45, 7) is 1.88. The molecular weight excluding hydrogens is 249 g/mol. The summed E-state index contributed by atoms with van der Waals surface area (Å²) < 4.78 is 41.1. The third-order valence-electron chi connectivity index (χ3n) is 2.01. The Bertz CT molecular complexity index is 475. The number of rotatable bonds is 6. The number of halogens is 1. The molecule has 1 aromatic rings. The number of ether oxygens (including phenoxy) is 1. The van der Waals surface area contributed by atoms with E-state index >= 15 is 0 Å². The van der Waals surface area contributed by atoms with Gasteiger partial charge in [0.25, 0.3) is 10.0 Å². The zero-order chi connectivity index (χ0) is 12.9. The number of aryl methyl sites for hydroxylation is 1. The van der Waals surface area contributed by atoms with Crippen LogP contribution in [-0.2, 0) is 19.6 Å². The van der Waals surface area contributed by atoms with Crippen LogP contribution >= 0.6 is 0 Å². The Hall–Kier alpha value is -1.02. The van der Waals surface area contributed by atoms with Crippen molar-refractivity contribution in [1.29, 1.82) is 0 Å². The van der Waals surface area contributed by atoms with Gasteiger partial charge >= 0.3 is 0 Å². The highest BCUT2D eigenvalue weighted by Crippen LogP contribution is 2.13. The molecule has 96 valence electrons. The van der Waals surface area contributed by atoms with Crippen molar-refractivity contribution < 1.29 is 22.4 Å². The first-order valence-corrected chi connectivity index (χ1v) is 6.34. The highest BCUT2D eigenvalue weighted by molar-refractivity contribution is 7.89. The molecule has 0 saturated carbocycles. The summed E-state index contributed by atoms with van der Waals surface area (Å²) in [5, 5.41) is 0. The molecule has 1 N–H and O–H groups in total. The third kappa shape index (κ3) is 4.04. The number of nitrogens with one attached hydrogen (secondary N) is 1. The Kier molecular flexibility index (Phi) is 5.01. The van der Waals surface area contributed by atoms with Crippen LogP contribution < -0.4 is 4.89 Å². The summed E-state index contributed by atoms with van der Waals surface area (Å²) in [5.41, 5.74) is 0.379. The van der Waals surface area contributed by atoms with Gasteiger partial charge in [-0.05, 0) is 24.6 Å². The Labute approximate surface area is 99.5 Å². The van der Waals surface area contributed by atoms with Crippen molar-refractivity contribution in [2.45, 2.75) is 11.8 Å². The van der Waals surface area contributed by atoms with Gasteiger partial charge in [-0.2, -0.15) is 0 Å². The largest absolute Gasteiger partial charge is 0.382 e. The molecule has 0 heterocycles. The van der Waals surface area contributed by atoms with Crippen LogP contribution in [0.15, 0.2) is 23.1 Å². The molecule has 5 nitrogen and oxygen atoms in total. The molecule has 7 heteroatoms. The van der Waals surface area contributed by atoms with E-state index < -0.39 is 15.8 Å². The minimum atomic E-state index is -3.85. The molecule has 0 aromatic heterocycles. The lowest BCUT2D eigenvalue weighted by molar-refractivity contribution is 0.0438. The van der Waals surface area contributed by atoms with Crippen LogP contribution in [0.3, 0.4) is 0 Å². The molecule has 0 spiro atoms. The Morgan fingerprint density at radius 2 is 2.06 bits per heavy atom. The zero-order valence-electron chi connectivity index (χ0n) is 9.57. The molecule has 0 atom stereocenters. The number of sulfonamides is 1. The lowest BCUT2D eigenvalue weighted by Crippen LogP contribution is -2.25. The standard InChI is InChI=1S/C10H14FNO4S/c1-8-3-4-9(7-10(8)11)17(13,14)12-16-6-5-15-2/h3-4,7,12H,5-6H2,1-2H3. The monoisotopic (exact) mass is 263 g/mol. The van der Waals surface area contributed by atoms with Gasteiger partial charge in [0.2, 0.25) is 0 Å². The second-order valence-electron chi connectivity index (χ2n) is 3.34. The van der Waals surface area contributed by atoms with Gasteiger partial charge in [-0.25, -0.2) is 12.8 Å². The van der Waals surface area contributed by atoms with E-state index in [1.165, 1.54) is 19.2 Å². The van der Waals surface area contributed by atoms with Gasteiger partial charge < -0.3 is 4.74 Å². The minimum absolute atomic E-state index is 0.0735. The predicted octanol–water partition coefficient (Wildman–Crippen LogP) is 0.990. The first kappa shape index (κ1) is 14.0. The van der Waals surface area contributed by atoms with Gasteiger partial charge in [-0.1, -0.05) is 11.0 Å². The summed E-state index contributed by atoms with van der Waals surface area (Å²) >= 11 is 0. The molecular formula is C10H14FNO4S. The van der Waals surface area contributed by atoms with E-state index in [0.717, 1.165) is 6.07 Å². The molecule has 0 amide bonds. The second-order valence-corrected chi connectivity index (χ2v) is 4.98. The molecule has 0 aliphatic heterocycles. The number of hydrogen-bond donors (Lipinski definition) is 1. The molecule has 0 bridgehead atoms. The first-order valence-electron chi connectivity index (χ1n) is 4.86. The van der Waals surface area contributed by atoms with E-state index in [9.17, 15) is 12.8 Å². The summed E-state index contributed by atoms with van der Waals surface area (Å²) in [4.78, 5) is 6.38. The highest BCUT2D eigenvalue weighted by Gasteiger charge is 2.15. The summed E-state index contributed by atoms with van der Waals surface area (Å²) in [6.07, 6.45) is 0. The summed E-state index contributed by atoms with van der Waals surface area (Å²) in [5.74, 6) is -0.579. The third-order valence-corrected chi connectivity index (χ3v) is 3.22. The van der Waals surface area contributed by atoms with Crippen molar-refractivity contribution >= 4 is 10.0 Å². The predicted molar refractivity (Wildman–Crippen MR) is 59.3 cm³/mol. The van der Waals surface area contributed by atoms with Gasteiger partial charge in [-0.15, -0.1) is 0 Å². The maximum absolute atomic E-state index is 13.2. The SMILES string of the molecule is COCCONS(=O)(=O)c1ccc(C)c(F)c1. The number of methoxy groups -OCH3 is 1. The fraction of sp³-hybridized carbons (Fsp3) is 0.400. The van der Waals surface area contributed by atoms with E-state index in [1.54, 1.807) is 6.92 Å². The average Bonchev–Trinajstić information content (AvgIpc) is 2.28. The topological polar surface area (TPSA) is 64.6 Å². The van der Waals surface area contributed by atoms with Crippen LogP contribution in [0.2, 0.25) is 0 Å². The smallest absolute Gasteiger partial charge is 0.262 e. The van der Waals surface area contributed by atoms with E-state index in [2.05, 4.69) is 9.57 Å². The maximum atomic E-state index is 13.2. The van der Waals surface area contributed by atoms with Crippen molar-refractivity contribution in [2.75, 3.05) is 20.3 Å². The van der Waals surface area contributed by atoms with Crippen molar-refractivity contribution in [3.05, 3.63) is 29.6 Å². The second kappa shape index (κ2) is 6.06. The maximum Gasteiger partial charge on any atom is 0.262 e.